The molecule has 0 radical (unpaired) electrons. The molecule has 112 valence electrons. The number of rotatable bonds is 5. The van der Waals surface area contributed by atoms with Crippen LogP contribution in [0.15, 0.2) is 23.1 Å². The van der Waals surface area contributed by atoms with Crippen molar-refractivity contribution in [1.82, 2.24) is 4.72 Å². The lowest BCUT2D eigenvalue weighted by atomic mass is 10.1. The Hall–Kier alpha value is -1.22. The summed E-state index contributed by atoms with van der Waals surface area (Å²) in [6, 6.07) is 3.34. The zero-order chi connectivity index (χ0) is 14.8. The van der Waals surface area contributed by atoms with E-state index < -0.39 is 21.4 Å². The van der Waals surface area contributed by atoms with Crippen LogP contribution < -0.4 is 9.46 Å². The molecule has 20 heavy (non-hydrogen) atoms. The van der Waals surface area contributed by atoms with E-state index in [9.17, 15) is 17.9 Å². The highest BCUT2D eigenvalue weighted by atomic mass is 32.2. The van der Waals surface area contributed by atoms with E-state index in [1.165, 1.54) is 19.2 Å². The lowest BCUT2D eigenvalue weighted by molar-refractivity contribution is 0.0314. The van der Waals surface area contributed by atoms with Crippen molar-refractivity contribution >= 4 is 10.0 Å². The molecule has 1 aliphatic heterocycles. The normalized spacial score (nSPS) is 22.9. The fourth-order valence-corrected chi connectivity index (χ4v) is 2.99. The van der Waals surface area contributed by atoms with Gasteiger partial charge in [-0.2, -0.15) is 0 Å². The summed E-state index contributed by atoms with van der Waals surface area (Å²) in [5, 5.41) is 9.99. The Bertz CT molecular complexity index is 584. The van der Waals surface area contributed by atoms with Gasteiger partial charge in [-0.1, -0.05) is 0 Å². The number of hydrogen-bond acceptors (Lipinski definition) is 5. The molecule has 1 aromatic rings. The lowest BCUT2D eigenvalue weighted by Crippen LogP contribution is -2.43. The molecular weight excluding hydrogens is 289 g/mol. The molecule has 0 spiro atoms. The number of ether oxygens (including phenoxy) is 2. The third kappa shape index (κ3) is 3.26. The standard InChI is InChI=1S/C12H16FNO5S/c1-18-11-3-2-9(6-10(11)13)20(16,17)14-7-12(15)4-5-19-8-12/h2-3,6,14-15H,4-5,7-8H2,1H3. The van der Waals surface area contributed by atoms with Crippen molar-refractivity contribution < 1.29 is 27.4 Å². The van der Waals surface area contributed by atoms with Gasteiger partial charge in [-0.3, -0.25) is 0 Å². The summed E-state index contributed by atoms with van der Waals surface area (Å²) < 4.78 is 49.5. The van der Waals surface area contributed by atoms with E-state index in [4.69, 9.17) is 9.47 Å². The summed E-state index contributed by atoms with van der Waals surface area (Å²) in [4.78, 5) is -0.224. The van der Waals surface area contributed by atoms with Crippen LogP contribution in [0.3, 0.4) is 0 Å². The zero-order valence-corrected chi connectivity index (χ0v) is 11.7. The van der Waals surface area contributed by atoms with Gasteiger partial charge >= 0.3 is 0 Å². The minimum absolute atomic E-state index is 0.0354. The quantitative estimate of drug-likeness (QED) is 0.815. The van der Waals surface area contributed by atoms with Crippen LogP contribution in [-0.4, -0.2) is 46.0 Å². The van der Waals surface area contributed by atoms with Gasteiger partial charge in [0.25, 0.3) is 0 Å². The van der Waals surface area contributed by atoms with Gasteiger partial charge in [-0.25, -0.2) is 17.5 Å². The smallest absolute Gasteiger partial charge is 0.240 e. The maximum atomic E-state index is 13.5. The highest BCUT2D eigenvalue weighted by Gasteiger charge is 2.33. The van der Waals surface area contributed by atoms with E-state index in [1.807, 2.05) is 0 Å². The second kappa shape index (κ2) is 5.65. The van der Waals surface area contributed by atoms with E-state index in [0.717, 1.165) is 6.07 Å². The molecule has 0 saturated carbocycles. The van der Waals surface area contributed by atoms with Crippen LogP contribution in [-0.2, 0) is 14.8 Å². The van der Waals surface area contributed by atoms with E-state index in [-0.39, 0.29) is 23.8 Å². The molecule has 1 fully saturated rings. The topological polar surface area (TPSA) is 84.9 Å². The first-order valence-electron chi connectivity index (χ1n) is 6.00. The monoisotopic (exact) mass is 305 g/mol. The molecule has 1 atom stereocenters. The maximum Gasteiger partial charge on any atom is 0.240 e. The first-order chi connectivity index (χ1) is 9.36. The van der Waals surface area contributed by atoms with Crippen molar-refractivity contribution in [3.8, 4) is 5.75 Å². The van der Waals surface area contributed by atoms with Crippen molar-refractivity contribution in [2.45, 2.75) is 16.9 Å². The summed E-state index contributed by atoms with van der Waals surface area (Å²) in [5.41, 5.74) is -1.21. The molecule has 0 aliphatic carbocycles. The summed E-state index contributed by atoms with van der Waals surface area (Å²) >= 11 is 0. The van der Waals surface area contributed by atoms with Gasteiger partial charge in [0.1, 0.15) is 5.60 Å². The number of hydrogen-bond donors (Lipinski definition) is 2. The van der Waals surface area contributed by atoms with Gasteiger partial charge in [0.05, 0.1) is 18.6 Å². The predicted octanol–water partition coefficient (Wildman–Crippen LogP) is 0.264. The molecule has 2 N–H and O–H groups in total. The second-order valence-electron chi connectivity index (χ2n) is 4.65. The van der Waals surface area contributed by atoms with Gasteiger partial charge in [-0.15, -0.1) is 0 Å². The van der Waals surface area contributed by atoms with Crippen molar-refractivity contribution in [2.24, 2.45) is 0 Å². The van der Waals surface area contributed by atoms with Crippen molar-refractivity contribution in [1.29, 1.82) is 0 Å². The fraction of sp³-hybridized carbons (Fsp3) is 0.500. The number of nitrogens with one attached hydrogen (secondary N) is 1. The van der Waals surface area contributed by atoms with Crippen molar-refractivity contribution in [3.63, 3.8) is 0 Å². The third-order valence-electron chi connectivity index (χ3n) is 3.11. The Morgan fingerprint density at radius 2 is 2.30 bits per heavy atom. The Kier molecular flexibility index (Phi) is 4.28. The van der Waals surface area contributed by atoms with E-state index in [2.05, 4.69) is 4.72 Å². The molecule has 2 rings (SSSR count). The number of sulfonamides is 1. The van der Waals surface area contributed by atoms with Crippen LogP contribution in [0.25, 0.3) is 0 Å². The van der Waals surface area contributed by atoms with Gasteiger partial charge in [0, 0.05) is 19.6 Å². The van der Waals surface area contributed by atoms with Crippen LogP contribution in [0.1, 0.15) is 6.42 Å². The Morgan fingerprint density at radius 3 is 2.85 bits per heavy atom. The largest absolute Gasteiger partial charge is 0.494 e. The summed E-state index contributed by atoms with van der Waals surface area (Å²) in [6.45, 7) is 0.283. The van der Waals surface area contributed by atoms with Gasteiger partial charge in [-0.05, 0) is 18.2 Å². The Balaban J connectivity index is 2.12. The molecule has 0 amide bonds. The van der Waals surface area contributed by atoms with Gasteiger partial charge in [0.2, 0.25) is 10.0 Å². The van der Waals surface area contributed by atoms with Gasteiger partial charge < -0.3 is 14.6 Å². The maximum absolute atomic E-state index is 13.5. The Labute approximate surface area is 116 Å². The molecule has 1 unspecified atom stereocenters. The summed E-state index contributed by atoms with van der Waals surface area (Å²) in [6.07, 6.45) is 0.354. The molecule has 0 aromatic heterocycles. The number of halogens is 1. The molecule has 8 heteroatoms. The average molecular weight is 305 g/mol. The molecule has 1 aromatic carbocycles. The highest BCUT2D eigenvalue weighted by Crippen LogP contribution is 2.22. The van der Waals surface area contributed by atoms with Crippen molar-refractivity contribution in [3.05, 3.63) is 24.0 Å². The fourth-order valence-electron chi connectivity index (χ4n) is 1.86. The highest BCUT2D eigenvalue weighted by molar-refractivity contribution is 7.89. The number of benzene rings is 1. The summed E-state index contributed by atoms with van der Waals surface area (Å²) in [7, 11) is -2.60. The first kappa shape index (κ1) is 15.2. The van der Waals surface area contributed by atoms with Crippen LogP contribution in [0.2, 0.25) is 0 Å². The first-order valence-corrected chi connectivity index (χ1v) is 7.48. The van der Waals surface area contributed by atoms with Gasteiger partial charge in [0.15, 0.2) is 11.6 Å². The summed E-state index contributed by atoms with van der Waals surface area (Å²) in [5.74, 6) is -0.801. The molecule has 6 nitrogen and oxygen atoms in total. The lowest BCUT2D eigenvalue weighted by Gasteiger charge is -2.20. The molecule has 0 bridgehead atoms. The van der Waals surface area contributed by atoms with Crippen molar-refractivity contribution in [2.75, 3.05) is 26.9 Å². The zero-order valence-electron chi connectivity index (χ0n) is 10.9. The molecule has 1 saturated heterocycles. The van der Waals surface area contributed by atoms with E-state index in [1.54, 1.807) is 0 Å². The third-order valence-corrected chi connectivity index (χ3v) is 4.51. The van der Waals surface area contributed by atoms with Crippen LogP contribution >= 0.6 is 0 Å². The second-order valence-corrected chi connectivity index (χ2v) is 6.41. The predicted molar refractivity (Wildman–Crippen MR) is 68.5 cm³/mol. The van der Waals surface area contributed by atoms with Crippen LogP contribution in [0.5, 0.6) is 5.75 Å². The van der Waals surface area contributed by atoms with Crippen LogP contribution in [0.4, 0.5) is 4.39 Å². The number of aliphatic hydroxyl groups is 1. The Morgan fingerprint density at radius 1 is 1.55 bits per heavy atom. The minimum atomic E-state index is -3.89. The van der Waals surface area contributed by atoms with E-state index in [0.29, 0.717) is 13.0 Å². The van der Waals surface area contributed by atoms with Crippen LogP contribution in [0, 0.1) is 5.82 Å². The number of methoxy groups -OCH3 is 1. The molecule has 1 aliphatic rings. The molecular formula is C12H16FNO5S. The molecule has 1 heterocycles. The van der Waals surface area contributed by atoms with E-state index >= 15 is 0 Å². The minimum Gasteiger partial charge on any atom is -0.494 e. The average Bonchev–Trinajstić information content (AvgIpc) is 2.84. The SMILES string of the molecule is COc1ccc(S(=O)(=O)NCC2(O)CCOC2)cc1F.